The summed E-state index contributed by atoms with van der Waals surface area (Å²) in [6.45, 7) is 0. The zero-order chi connectivity index (χ0) is 15.7. The van der Waals surface area contributed by atoms with Gasteiger partial charge in [-0.15, -0.1) is 0 Å². The maximum absolute atomic E-state index is 11.6. The molecule has 1 saturated heterocycles. The molecule has 0 aliphatic carbocycles. The van der Waals surface area contributed by atoms with Gasteiger partial charge in [-0.1, -0.05) is 36.1 Å². The monoisotopic (exact) mass is 331 g/mol. The number of aromatic carboxylic acids is 1. The first-order valence-electron chi connectivity index (χ1n) is 6.21. The fraction of sp³-hybridized carbons (Fsp3) is 0. The van der Waals surface area contributed by atoms with Crippen molar-refractivity contribution in [1.29, 1.82) is 0 Å². The van der Waals surface area contributed by atoms with E-state index in [9.17, 15) is 9.59 Å². The van der Waals surface area contributed by atoms with Crippen molar-refractivity contribution in [3.05, 3.63) is 52.6 Å². The van der Waals surface area contributed by atoms with E-state index in [1.165, 1.54) is 23.9 Å². The minimum atomic E-state index is -0.975. The molecule has 0 bridgehead atoms. The first-order valence-corrected chi connectivity index (χ1v) is 7.44. The summed E-state index contributed by atoms with van der Waals surface area (Å²) in [5.74, 6) is -0.0927. The van der Waals surface area contributed by atoms with Gasteiger partial charge in [-0.3, -0.25) is 4.79 Å². The Morgan fingerprint density at radius 2 is 1.95 bits per heavy atom. The van der Waals surface area contributed by atoms with Crippen LogP contribution in [0.25, 0.3) is 17.4 Å². The fourth-order valence-electron chi connectivity index (χ4n) is 1.91. The molecule has 1 fully saturated rings. The highest BCUT2D eigenvalue weighted by Crippen LogP contribution is 2.28. The molecule has 1 aromatic heterocycles. The van der Waals surface area contributed by atoms with Gasteiger partial charge in [-0.25, -0.2) is 4.79 Å². The fourth-order valence-corrected chi connectivity index (χ4v) is 2.94. The molecule has 1 aliphatic heterocycles. The molecule has 7 heteroatoms. The predicted molar refractivity (Wildman–Crippen MR) is 87.4 cm³/mol. The number of thioether (sulfide) groups is 1. The van der Waals surface area contributed by atoms with Crippen molar-refractivity contribution >= 4 is 46.3 Å². The number of amides is 1. The molecule has 0 atom stereocenters. The molecule has 1 aromatic carbocycles. The summed E-state index contributed by atoms with van der Waals surface area (Å²) in [4.78, 5) is 22.9. The number of furan rings is 1. The largest absolute Gasteiger partial charge is 0.478 e. The zero-order valence-electron chi connectivity index (χ0n) is 11.0. The standard InChI is InChI=1S/C15H9NO4S2/c17-13-12(22-15(21)16-13)7-10-5-6-11(20-10)8-1-3-9(4-2-8)14(18)19/h1-7H,(H,18,19)(H,16,17,21)/b12-7+. The smallest absolute Gasteiger partial charge is 0.335 e. The van der Waals surface area contributed by atoms with Crippen LogP contribution in [0.1, 0.15) is 16.1 Å². The van der Waals surface area contributed by atoms with Crippen LogP contribution in [0.15, 0.2) is 45.7 Å². The van der Waals surface area contributed by atoms with Crippen molar-refractivity contribution in [1.82, 2.24) is 5.32 Å². The van der Waals surface area contributed by atoms with Crippen LogP contribution in [0.4, 0.5) is 0 Å². The van der Waals surface area contributed by atoms with Gasteiger partial charge in [0.1, 0.15) is 15.8 Å². The SMILES string of the molecule is O=C1NC(=S)S/C1=C/c1ccc(-c2ccc(C(=O)O)cc2)o1. The Morgan fingerprint density at radius 3 is 2.55 bits per heavy atom. The van der Waals surface area contributed by atoms with E-state index in [0.29, 0.717) is 20.7 Å². The highest BCUT2D eigenvalue weighted by atomic mass is 32.2. The molecule has 2 aromatic rings. The lowest BCUT2D eigenvalue weighted by Gasteiger charge is -1.98. The molecule has 0 radical (unpaired) electrons. The predicted octanol–water partition coefficient (Wildman–Crippen LogP) is 3.13. The quantitative estimate of drug-likeness (QED) is 0.664. The van der Waals surface area contributed by atoms with Crippen molar-refractivity contribution in [3.8, 4) is 11.3 Å². The molecule has 110 valence electrons. The van der Waals surface area contributed by atoms with Crippen LogP contribution in [-0.4, -0.2) is 21.3 Å². The van der Waals surface area contributed by atoms with Crippen LogP contribution >= 0.6 is 24.0 Å². The third-order valence-electron chi connectivity index (χ3n) is 2.96. The van der Waals surface area contributed by atoms with Gasteiger partial charge in [0.25, 0.3) is 5.91 Å². The second-order valence-electron chi connectivity index (χ2n) is 4.44. The molecule has 5 nitrogen and oxygen atoms in total. The number of benzene rings is 1. The number of hydrogen-bond donors (Lipinski definition) is 2. The van der Waals surface area contributed by atoms with Crippen LogP contribution in [0.5, 0.6) is 0 Å². The molecular formula is C15H9NO4S2. The average molecular weight is 331 g/mol. The third-order valence-corrected chi connectivity index (χ3v) is 4.12. The Hall–Kier alpha value is -2.38. The highest BCUT2D eigenvalue weighted by Gasteiger charge is 2.22. The van der Waals surface area contributed by atoms with Crippen LogP contribution in [0, 0.1) is 0 Å². The number of carbonyl (C=O) groups excluding carboxylic acids is 1. The third kappa shape index (κ3) is 2.95. The number of carbonyl (C=O) groups is 2. The van der Waals surface area contributed by atoms with E-state index in [-0.39, 0.29) is 11.5 Å². The van der Waals surface area contributed by atoms with Crippen LogP contribution in [-0.2, 0) is 4.79 Å². The van der Waals surface area contributed by atoms with E-state index < -0.39 is 5.97 Å². The summed E-state index contributed by atoms with van der Waals surface area (Å²) < 4.78 is 6.08. The van der Waals surface area contributed by atoms with Gasteiger partial charge < -0.3 is 14.8 Å². The van der Waals surface area contributed by atoms with Gasteiger partial charge in [-0.2, -0.15) is 0 Å². The summed E-state index contributed by atoms with van der Waals surface area (Å²) in [6, 6.07) is 9.87. The minimum Gasteiger partial charge on any atom is -0.478 e. The number of thiocarbonyl (C=S) groups is 1. The van der Waals surface area contributed by atoms with Crippen LogP contribution in [0.2, 0.25) is 0 Å². The first kappa shape index (κ1) is 14.6. The second kappa shape index (κ2) is 5.78. The molecule has 3 rings (SSSR count). The lowest BCUT2D eigenvalue weighted by Crippen LogP contribution is -2.17. The highest BCUT2D eigenvalue weighted by molar-refractivity contribution is 8.26. The van der Waals surface area contributed by atoms with Gasteiger partial charge in [0.05, 0.1) is 10.5 Å². The Labute approximate surface area is 135 Å². The molecule has 0 saturated carbocycles. The molecule has 1 amide bonds. The number of hydrogen-bond acceptors (Lipinski definition) is 5. The van der Waals surface area contributed by atoms with Crippen LogP contribution < -0.4 is 5.32 Å². The normalized spacial score (nSPS) is 16.1. The zero-order valence-corrected chi connectivity index (χ0v) is 12.7. The van der Waals surface area contributed by atoms with E-state index in [1.807, 2.05) is 0 Å². The van der Waals surface area contributed by atoms with E-state index >= 15 is 0 Å². The van der Waals surface area contributed by atoms with Gasteiger partial charge in [-0.05, 0) is 24.3 Å². The minimum absolute atomic E-state index is 0.213. The molecule has 0 unspecified atom stereocenters. The number of carboxylic acids is 1. The molecular weight excluding hydrogens is 322 g/mol. The lowest BCUT2D eigenvalue weighted by molar-refractivity contribution is -0.115. The number of carboxylic acid groups (broad SMARTS) is 1. The van der Waals surface area contributed by atoms with E-state index in [0.717, 1.165) is 5.56 Å². The maximum atomic E-state index is 11.6. The summed E-state index contributed by atoms with van der Waals surface area (Å²) in [5, 5.41) is 11.4. The second-order valence-corrected chi connectivity index (χ2v) is 6.16. The molecule has 1 aliphatic rings. The number of nitrogens with one attached hydrogen (secondary N) is 1. The summed E-state index contributed by atoms with van der Waals surface area (Å²) in [5.41, 5.74) is 0.971. The topological polar surface area (TPSA) is 79.5 Å². The first-order chi connectivity index (χ1) is 10.5. The average Bonchev–Trinajstić information content (AvgIpc) is 3.06. The maximum Gasteiger partial charge on any atom is 0.335 e. The lowest BCUT2D eigenvalue weighted by atomic mass is 10.1. The van der Waals surface area contributed by atoms with E-state index in [4.69, 9.17) is 21.7 Å². The van der Waals surface area contributed by atoms with Crippen molar-refractivity contribution in [2.24, 2.45) is 0 Å². The molecule has 2 N–H and O–H groups in total. The Kier molecular flexibility index (Phi) is 3.82. The van der Waals surface area contributed by atoms with Crippen LogP contribution in [0.3, 0.4) is 0 Å². The van der Waals surface area contributed by atoms with Gasteiger partial charge in [0.15, 0.2) is 0 Å². The van der Waals surface area contributed by atoms with Crippen molar-refractivity contribution < 1.29 is 19.1 Å². The van der Waals surface area contributed by atoms with Gasteiger partial charge in [0, 0.05) is 11.6 Å². The Morgan fingerprint density at radius 1 is 1.23 bits per heavy atom. The number of rotatable bonds is 3. The van der Waals surface area contributed by atoms with Crippen molar-refractivity contribution in [2.75, 3.05) is 0 Å². The molecule has 22 heavy (non-hydrogen) atoms. The van der Waals surface area contributed by atoms with Crippen molar-refractivity contribution in [3.63, 3.8) is 0 Å². The van der Waals surface area contributed by atoms with Gasteiger partial charge >= 0.3 is 5.97 Å². The summed E-state index contributed by atoms with van der Waals surface area (Å²) in [7, 11) is 0. The van der Waals surface area contributed by atoms with Crippen molar-refractivity contribution in [2.45, 2.75) is 0 Å². The summed E-state index contributed by atoms with van der Waals surface area (Å²) >= 11 is 6.10. The summed E-state index contributed by atoms with van der Waals surface area (Å²) in [6.07, 6.45) is 1.62. The van der Waals surface area contributed by atoms with E-state index in [2.05, 4.69) is 5.32 Å². The Balaban J connectivity index is 1.85. The Bertz CT molecular complexity index is 805. The van der Waals surface area contributed by atoms with E-state index in [1.54, 1.807) is 30.3 Å². The molecule has 2 heterocycles. The van der Waals surface area contributed by atoms with Gasteiger partial charge in [0.2, 0.25) is 0 Å². The molecule has 0 spiro atoms.